The molecule has 2 fully saturated rings. The van der Waals surface area contributed by atoms with Crippen molar-refractivity contribution in [1.29, 1.82) is 0 Å². The summed E-state index contributed by atoms with van der Waals surface area (Å²) >= 11 is 0. The fourth-order valence-corrected chi connectivity index (χ4v) is 5.26. The Labute approximate surface area is 203 Å². The van der Waals surface area contributed by atoms with Crippen molar-refractivity contribution >= 4 is 6.79 Å². The highest BCUT2D eigenvalue weighted by Gasteiger charge is 2.32. The molecule has 0 aromatic heterocycles. The summed E-state index contributed by atoms with van der Waals surface area (Å²) in [4.78, 5) is 10.3. The van der Waals surface area contributed by atoms with Crippen molar-refractivity contribution in [2.45, 2.75) is 116 Å². The Balaban J connectivity index is 0.000000335. The van der Waals surface area contributed by atoms with E-state index >= 15 is 0 Å². The van der Waals surface area contributed by atoms with Crippen LogP contribution in [0.5, 0.6) is 0 Å². The summed E-state index contributed by atoms with van der Waals surface area (Å²) in [7, 11) is 2.16. The van der Waals surface area contributed by atoms with Gasteiger partial charge in [0.15, 0.2) is 0 Å². The van der Waals surface area contributed by atoms with Gasteiger partial charge in [0.1, 0.15) is 13.6 Å². The number of aliphatic hydroxyl groups excluding tert-OH is 1. The highest BCUT2D eigenvalue weighted by molar-refractivity contribution is 5.13. The zero-order valence-electron chi connectivity index (χ0n) is 22.1. The Hall–Kier alpha value is -1.01. The highest BCUT2D eigenvalue weighted by Crippen LogP contribution is 2.35. The summed E-state index contributed by atoms with van der Waals surface area (Å²) in [6.45, 7) is 11.3. The molecule has 1 unspecified atom stereocenters. The van der Waals surface area contributed by atoms with Crippen molar-refractivity contribution in [3.05, 3.63) is 24.3 Å². The van der Waals surface area contributed by atoms with E-state index in [9.17, 15) is 0 Å². The first-order valence-corrected chi connectivity index (χ1v) is 13.0. The van der Waals surface area contributed by atoms with Gasteiger partial charge in [-0.05, 0) is 78.7 Å². The smallest absolute Gasteiger partial charge is 0.144 e. The summed E-state index contributed by atoms with van der Waals surface area (Å²) < 4.78 is 11.6. The van der Waals surface area contributed by atoms with Crippen molar-refractivity contribution in [2.75, 3.05) is 20.6 Å². The fraction of sp³-hybridized carbons (Fsp3) is 0.821. The van der Waals surface area contributed by atoms with Gasteiger partial charge in [0, 0.05) is 6.04 Å². The summed E-state index contributed by atoms with van der Waals surface area (Å²) in [6, 6.07) is 0.493. The molecule has 1 N–H and O–H groups in total. The molecule has 0 aromatic carbocycles. The van der Waals surface area contributed by atoms with Crippen LogP contribution in [0.3, 0.4) is 0 Å². The molecule has 3 aliphatic carbocycles. The Morgan fingerprint density at radius 3 is 1.76 bits per heavy atom. The van der Waals surface area contributed by atoms with Gasteiger partial charge in [0.05, 0.1) is 17.9 Å². The van der Waals surface area contributed by atoms with E-state index in [0.717, 1.165) is 19.1 Å². The second-order valence-electron chi connectivity index (χ2n) is 10.8. The van der Waals surface area contributed by atoms with E-state index in [1.165, 1.54) is 64.2 Å². The minimum Gasteiger partial charge on any atom is -0.371 e. The third kappa shape index (κ3) is 10.9. The normalized spacial score (nSPS) is 22.3. The van der Waals surface area contributed by atoms with E-state index in [2.05, 4.69) is 63.9 Å². The van der Waals surface area contributed by atoms with Crippen LogP contribution in [0.15, 0.2) is 24.3 Å². The fourth-order valence-electron chi connectivity index (χ4n) is 5.26. The molecule has 0 saturated heterocycles. The first-order valence-electron chi connectivity index (χ1n) is 13.0. The maximum absolute atomic E-state index is 8.71. The van der Waals surface area contributed by atoms with E-state index in [4.69, 9.17) is 19.4 Å². The number of likely N-dealkylation sites (N-methyl/N-ethyl adjacent to an activating group) is 1. The zero-order valence-corrected chi connectivity index (χ0v) is 22.1. The van der Waals surface area contributed by atoms with Crippen molar-refractivity contribution in [1.82, 2.24) is 4.90 Å². The molecule has 0 aliphatic heterocycles. The summed E-state index contributed by atoms with van der Waals surface area (Å²) in [6.07, 6.45) is 23.2. The molecule has 5 nitrogen and oxygen atoms in total. The highest BCUT2D eigenvalue weighted by atomic mass is 16.6. The lowest BCUT2D eigenvalue weighted by Gasteiger charge is -2.39. The monoisotopic (exact) mass is 465 g/mol. The molecule has 3 aliphatic rings. The average Bonchev–Trinajstić information content (AvgIpc) is 2.86. The summed E-state index contributed by atoms with van der Waals surface area (Å²) in [5.74, 6) is 1.37. The summed E-state index contributed by atoms with van der Waals surface area (Å²) in [5.41, 5.74) is -0.113. The molecule has 0 radical (unpaired) electrons. The van der Waals surface area contributed by atoms with Gasteiger partial charge in [-0.15, -0.1) is 0 Å². The molecule has 0 aromatic rings. The molecule has 3 rings (SSSR count). The van der Waals surface area contributed by atoms with Crippen LogP contribution in [0.1, 0.15) is 98.3 Å². The van der Waals surface area contributed by atoms with Crippen molar-refractivity contribution in [3.8, 4) is 0 Å². The standard InChI is InChI=1S/C17H29NO.C10H20O2.CH2O/c1-17(2,15-10-6-4-7-11-15)19-14-18(3)16-12-8-5-9-13-16;1-10(2,12-8-11)9-6-4-3-5-7-9;1-2/h5,8-9,12,15-16H,4,6-7,10-11,13-14H2,1-3H3;9,11H,3-8H2,1-2H3;1H2. The maximum atomic E-state index is 8.71. The molecule has 2 saturated carbocycles. The Bertz CT molecular complexity index is 560. The van der Waals surface area contributed by atoms with Crippen LogP contribution in [-0.4, -0.2) is 54.6 Å². The zero-order chi connectivity index (χ0) is 24.7. The third-order valence-electron chi connectivity index (χ3n) is 7.78. The second-order valence-corrected chi connectivity index (χ2v) is 10.8. The van der Waals surface area contributed by atoms with Gasteiger partial charge in [-0.2, -0.15) is 0 Å². The predicted molar refractivity (Wildman–Crippen MR) is 137 cm³/mol. The number of ether oxygens (including phenoxy) is 2. The van der Waals surface area contributed by atoms with Crippen molar-refractivity contribution < 1.29 is 19.4 Å². The molecule has 1 atom stereocenters. The molecular weight excluding hydrogens is 414 g/mol. The number of hydrogen-bond acceptors (Lipinski definition) is 5. The number of nitrogens with zero attached hydrogens (tertiary/aromatic N) is 1. The van der Waals surface area contributed by atoms with Gasteiger partial charge in [-0.25, -0.2) is 0 Å². The van der Waals surface area contributed by atoms with Crippen molar-refractivity contribution in [3.63, 3.8) is 0 Å². The molecule has 0 bridgehead atoms. The van der Waals surface area contributed by atoms with Crippen LogP contribution >= 0.6 is 0 Å². The number of allylic oxidation sites excluding steroid dienone is 2. The Kier molecular flexibility index (Phi) is 14.4. The second kappa shape index (κ2) is 15.8. The van der Waals surface area contributed by atoms with Crippen LogP contribution in [-0.2, 0) is 14.3 Å². The minimum absolute atomic E-state index is 0.0168. The predicted octanol–water partition coefficient (Wildman–Crippen LogP) is 6.26. The lowest BCUT2D eigenvalue weighted by molar-refractivity contribution is -0.131. The lowest BCUT2D eigenvalue weighted by atomic mass is 9.79. The SMILES string of the molecule is C=O.CC(C)(OCO)C1CCCCC1.CN(COC(C)(C)C1CCCCC1)C1C=CC=CC1. The van der Waals surface area contributed by atoms with Crippen molar-refractivity contribution in [2.24, 2.45) is 11.8 Å². The lowest BCUT2D eigenvalue weighted by Crippen LogP contribution is -2.41. The van der Waals surface area contributed by atoms with Gasteiger partial charge in [-0.1, -0.05) is 62.8 Å². The van der Waals surface area contributed by atoms with Gasteiger partial charge in [-0.3, -0.25) is 4.90 Å². The van der Waals surface area contributed by atoms with Gasteiger partial charge in [0.25, 0.3) is 0 Å². The van der Waals surface area contributed by atoms with Crippen LogP contribution in [0.4, 0.5) is 0 Å². The molecule has 0 heterocycles. The van der Waals surface area contributed by atoms with E-state index in [1.54, 1.807) is 0 Å². The number of carbonyl (C=O) groups excluding carboxylic acids is 1. The molecular formula is C28H51NO4. The van der Waals surface area contributed by atoms with E-state index in [-0.39, 0.29) is 18.0 Å². The Morgan fingerprint density at radius 1 is 0.848 bits per heavy atom. The van der Waals surface area contributed by atoms with E-state index in [0.29, 0.717) is 12.0 Å². The van der Waals surface area contributed by atoms with Crippen LogP contribution in [0.2, 0.25) is 0 Å². The van der Waals surface area contributed by atoms with Crippen LogP contribution < -0.4 is 0 Å². The Morgan fingerprint density at radius 2 is 1.33 bits per heavy atom. The largest absolute Gasteiger partial charge is 0.371 e. The molecule has 0 spiro atoms. The molecule has 5 heteroatoms. The number of hydrogen-bond donors (Lipinski definition) is 1. The maximum Gasteiger partial charge on any atom is 0.144 e. The summed E-state index contributed by atoms with van der Waals surface area (Å²) in [5, 5.41) is 8.71. The quantitative estimate of drug-likeness (QED) is 0.429. The topological polar surface area (TPSA) is 59.0 Å². The number of aliphatic hydroxyl groups is 1. The first kappa shape index (κ1) is 30.0. The third-order valence-corrected chi connectivity index (χ3v) is 7.78. The van der Waals surface area contributed by atoms with Gasteiger partial charge < -0.3 is 19.4 Å². The van der Waals surface area contributed by atoms with Crippen LogP contribution in [0.25, 0.3) is 0 Å². The molecule has 33 heavy (non-hydrogen) atoms. The number of carbonyl (C=O) groups is 1. The average molecular weight is 466 g/mol. The van der Waals surface area contributed by atoms with E-state index in [1.807, 2.05) is 6.79 Å². The van der Waals surface area contributed by atoms with Gasteiger partial charge >= 0.3 is 0 Å². The van der Waals surface area contributed by atoms with E-state index < -0.39 is 0 Å². The number of rotatable bonds is 8. The van der Waals surface area contributed by atoms with Gasteiger partial charge in [0.2, 0.25) is 0 Å². The minimum atomic E-state index is -0.149. The first-order chi connectivity index (χ1) is 15.8. The van der Waals surface area contributed by atoms with Crippen LogP contribution in [0, 0.1) is 11.8 Å². The molecule has 0 amide bonds. The molecule has 192 valence electrons.